The summed E-state index contributed by atoms with van der Waals surface area (Å²) < 4.78 is 46.2. The maximum Gasteiger partial charge on any atom is 0.416 e. The zero-order valence-corrected chi connectivity index (χ0v) is 16.8. The summed E-state index contributed by atoms with van der Waals surface area (Å²) in [6, 6.07) is 17.4. The minimum atomic E-state index is -4.63. The van der Waals surface area contributed by atoms with E-state index in [2.05, 4.69) is 0 Å². The van der Waals surface area contributed by atoms with Crippen LogP contribution in [0.5, 0.6) is 0 Å². The third-order valence-electron chi connectivity index (χ3n) is 4.52. The molecule has 0 heterocycles. The number of rotatable bonds is 6. The fourth-order valence-corrected chi connectivity index (χ4v) is 3.60. The number of benzene rings is 3. The Labute approximate surface area is 180 Å². The summed E-state index contributed by atoms with van der Waals surface area (Å²) in [6.07, 6.45) is -4.63. The van der Waals surface area contributed by atoms with Crippen molar-refractivity contribution >= 4 is 29.2 Å². The summed E-state index contributed by atoms with van der Waals surface area (Å²) in [5, 5.41) is 9.65. The van der Waals surface area contributed by atoms with Gasteiger partial charge in [-0.3, -0.25) is 0 Å². The van der Waals surface area contributed by atoms with E-state index in [0.717, 1.165) is 18.2 Å². The fourth-order valence-electron chi connectivity index (χ4n) is 3.22. The quantitative estimate of drug-likeness (QED) is 0.438. The molecule has 0 aromatic heterocycles. The molecule has 3 nitrogen and oxygen atoms in total. The van der Waals surface area contributed by atoms with Crippen molar-refractivity contribution in [2.24, 2.45) is 0 Å². The SMILES string of the molecule is O=C(O)COC(c1ccccc1)(c1ccc(Cl)cc1)c1cc(C(F)(F)F)ccc1Cl. The molecule has 30 heavy (non-hydrogen) atoms. The molecule has 0 amide bonds. The highest BCUT2D eigenvalue weighted by molar-refractivity contribution is 6.31. The van der Waals surface area contributed by atoms with E-state index in [1.807, 2.05) is 0 Å². The molecule has 0 aliphatic rings. The van der Waals surface area contributed by atoms with Crippen LogP contribution in [0.15, 0.2) is 72.8 Å². The van der Waals surface area contributed by atoms with Gasteiger partial charge in [-0.1, -0.05) is 65.7 Å². The standard InChI is InChI=1S/C22H15Cl2F3O3/c23-17-9-6-15(7-10-17)21(30-13-20(28)29,14-4-2-1-3-5-14)18-12-16(22(25,26)27)8-11-19(18)24/h1-12H,13H2,(H,28,29). The zero-order valence-electron chi connectivity index (χ0n) is 15.3. The van der Waals surface area contributed by atoms with E-state index in [9.17, 15) is 23.1 Å². The minimum Gasteiger partial charge on any atom is -0.480 e. The fraction of sp³-hybridized carbons (Fsp3) is 0.136. The first-order valence-corrected chi connectivity index (χ1v) is 9.45. The summed E-state index contributed by atoms with van der Waals surface area (Å²) in [5.74, 6) is -1.28. The maximum atomic E-state index is 13.5. The molecule has 0 saturated heterocycles. The Balaban J connectivity index is 2.38. The Morgan fingerprint density at radius 2 is 1.43 bits per heavy atom. The number of ether oxygens (including phenoxy) is 1. The number of carbonyl (C=O) groups is 1. The van der Waals surface area contributed by atoms with Gasteiger partial charge in [0.1, 0.15) is 12.2 Å². The highest BCUT2D eigenvalue weighted by Crippen LogP contribution is 2.45. The van der Waals surface area contributed by atoms with Gasteiger partial charge in [-0.15, -0.1) is 0 Å². The Kier molecular flexibility index (Phi) is 6.41. The number of aliphatic carboxylic acids is 1. The second kappa shape index (κ2) is 8.68. The highest BCUT2D eigenvalue weighted by atomic mass is 35.5. The minimum absolute atomic E-state index is 0.00723. The molecule has 0 aliphatic heterocycles. The zero-order chi connectivity index (χ0) is 21.9. The second-order valence-corrected chi connectivity index (χ2v) is 7.27. The van der Waals surface area contributed by atoms with Crippen LogP contribution in [0.3, 0.4) is 0 Å². The molecule has 3 aromatic rings. The molecule has 0 fully saturated rings. The van der Waals surface area contributed by atoms with Gasteiger partial charge in [-0.05, 0) is 41.5 Å². The lowest BCUT2D eigenvalue weighted by Gasteiger charge is -2.36. The van der Waals surface area contributed by atoms with Crippen LogP contribution in [0.4, 0.5) is 13.2 Å². The Morgan fingerprint density at radius 3 is 2.00 bits per heavy atom. The van der Waals surface area contributed by atoms with Crippen LogP contribution in [0.2, 0.25) is 10.0 Å². The van der Waals surface area contributed by atoms with Gasteiger partial charge in [0, 0.05) is 15.6 Å². The lowest BCUT2D eigenvalue weighted by molar-refractivity contribution is -0.146. The first kappa shape index (κ1) is 22.2. The normalized spacial score (nSPS) is 13.6. The number of halogens is 5. The van der Waals surface area contributed by atoms with Gasteiger partial charge in [0.25, 0.3) is 0 Å². The van der Waals surface area contributed by atoms with Gasteiger partial charge in [-0.25, -0.2) is 4.79 Å². The first-order chi connectivity index (χ1) is 14.1. The molecule has 0 radical (unpaired) electrons. The summed E-state index contributed by atoms with van der Waals surface area (Å²) in [6.45, 7) is -0.774. The van der Waals surface area contributed by atoms with E-state index in [1.165, 1.54) is 0 Å². The van der Waals surface area contributed by atoms with Gasteiger partial charge in [0.2, 0.25) is 0 Å². The average Bonchev–Trinajstić information content (AvgIpc) is 2.70. The van der Waals surface area contributed by atoms with Crippen LogP contribution in [0, 0.1) is 0 Å². The number of hydrogen-bond acceptors (Lipinski definition) is 2. The number of hydrogen-bond donors (Lipinski definition) is 1. The first-order valence-electron chi connectivity index (χ1n) is 8.69. The van der Waals surface area contributed by atoms with Crippen molar-refractivity contribution in [1.29, 1.82) is 0 Å². The van der Waals surface area contributed by atoms with Crippen LogP contribution in [0.25, 0.3) is 0 Å². The lowest BCUT2D eigenvalue weighted by atomic mass is 9.79. The summed E-state index contributed by atoms with van der Waals surface area (Å²) in [7, 11) is 0. The van der Waals surface area contributed by atoms with E-state index < -0.39 is 29.9 Å². The number of alkyl halides is 3. The maximum absolute atomic E-state index is 13.5. The van der Waals surface area contributed by atoms with Crippen LogP contribution >= 0.6 is 23.2 Å². The molecule has 0 aliphatic carbocycles. The van der Waals surface area contributed by atoms with Crippen LogP contribution < -0.4 is 0 Å². The van der Waals surface area contributed by atoms with Crippen LogP contribution in [-0.2, 0) is 21.3 Å². The molecule has 3 rings (SSSR count). The molecule has 1 N–H and O–H groups in total. The lowest BCUT2D eigenvalue weighted by Crippen LogP contribution is -2.35. The Morgan fingerprint density at radius 1 is 0.867 bits per heavy atom. The van der Waals surface area contributed by atoms with Crippen molar-refractivity contribution in [2.75, 3.05) is 6.61 Å². The summed E-state index contributed by atoms with van der Waals surface area (Å²) >= 11 is 12.3. The second-order valence-electron chi connectivity index (χ2n) is 6.43. The average molecular weight is 455 g/mol. The Bertz CT molecular complexity index is 1040. The van der Waals surface area contributed by atoms with Gasteiger partial charge >= 0.3 is 12.1 Å². The van der Waals surface area contributed by atoms with Gasteiger partial charge in [0.05, 0.1) is 5.56 Å². The highest BCUT2D eigenvalue weighted by Gasteiger charge is 2.42. The molecule has 1 atom stereocenters. The molecule has 0 bridgehead atoms. The predicted octanol–water partition coefficient (Wildman–Crippen LogP) is 6.41. The molecular weight excluding hydrogens is 440 g/mol. The summed E-state index contributed by atoms with van der Waals surface area (Å²) in [4.78, 5) is 11.3. The molecule has 0 saturated carbocycles. The number of carboxylic acids is 1. The molecule has 8 heteroatoms. The molecule has 0 spiro atoms. The van der Waals surface area contributed by atoms with Crippen LogP contribution in [0.1, 0.15) is 22.3 Å². The van der Waals surface area contributed by atoms with Crippen molar-refractivity contribution in [2.45, 2.75) is 11.8 Å². The third kappa shape index (κ3) is 4.46. The van der Waals surface area contributed by atoms with Crippen molar-refractivity contribution in [3.05, 3.63) is 105 Å². The smallest absolute Gasteiger partial charge is 0.416 e. The molecule has 156 valence electrons. The Hall–Kier alpha value is -2.54. The summed E-state index contributed by atoms with van der Waals surface area (Å²) in [5.41, 5.74) is -1.90. The monoisotopic (exact) mass is 454 g/mol. The number of carboxylic acid groups (broad SMARTS) is 1. The third-order valence-corrected chi connectivity index (χ3v) is 5.10. The van der Waals surface area contributed by atoms with Gasteiger partial charge < -0.3 is 9.84 Å². The van der Waals surface area contributed by atoms with Crippen molar-refractivity contribution < 1.29 is 27.8 Å². The van der Waals surface area contributed by atoms with Crippen molar-refractivity contribution in [1.82, 2.24) is 0 Å². The predicted molar refractivity (Wildman–Crippen MR) is 108 cm³/mol. The molecule has 3 aromatic carbocycles. The van der Waals surface area contributed by atoms with E-state index in [4.69, 9.17) is 27.9 Å². The van der Waals surface area contributed by atoms with Gasteiger partial charge in [-0.2, -0.15) is 13.2 Å². The largest absolute Gasteiger partial charge is 0.480 e. The molecular formula is C22H15Cl2F3O3. The van der Waals surface area contributed by atoms with E-state index in [1.54, 1.807) is 54.6 Å². The topological polar surface area (TPSA) is 46.5 Å². The van der Waals surface area contributed by atoms with Crippen LogP contribution in [-0.4, -0.2) is 17.7 Å². The van der Waals surface area contributed by atoms with Crippen molar-refractivity contribution in [3.8, 4) is 0 Å². The van der Waals surface area contributed by atoms with Crippen molar-refractivity contribution in [3.63, 3.8) is 0 Å². The van der Waals surface area contributed by atoms with E-state index in [0.29, 0.717) is 16.1 Å². The molecule has 1 unspecified atom stereocenters. The van der Waals surface area contributed by atoms with E-state index >= 15 is 0 Å². The van der Waals surface area contributed by atoms with E-state index in [-0.39, 0.29) is 10.6 Å². The van der Waals surface area contributed by atoms with Gasteiger partial charge in [0.15, 0.2) is 0 Å².